The van der Waals surface area contributed by atoms with E-state index >= 15 is 0 Å². The topological polar surface area (TPSA) is 127 Å². The highest BCUT2D eigenvalue weighted by atomic mass is 19.4. The van der Waals surface area contributed by atoms with Crippen LogP contribution < -0.4 is 11.1 Å². The lowest BCUT2D eigenvalue weighted by molar-refractivity contribution is -0.145. The van der Waals surface area contributed by atoms with E-state index in [1.807, 2.05) is 0 Å². The fourth-order valence-electron chi connectivity index (χ4n) is 3.38. The zero-order valence-corrected chi connectivity index (χ0v) is 18.1. The number of carbonyl (C=O) groups is 3. The molecule has 1 aliphatic rings. The van der Waals surface area contributed by atoms with E-state index in [1.165, 1.54) is 23.4 Å². The third-order valence-corrected chi connectivity index (χ3v) is 4.93. The predicted octanol–water partition coefficient (Wildman–Crippen LogP) is 2.22. The quantitative estimate of drug-likeness (QED) is 0.287. The Morgan fingerprint density at radius 2 is 2.03 bits per heavy atom. The van der Waals surface area contributed by atoms with E-state index in [-0.39, 0.29) is 23.4 Å². The summed E-state index contributed by atoms with van der Waals surface area (Å²) >= 11 is 0. The minimum absolute atomic E-state index is 0.0414. The highest BCUT2D eigenvalue weighted by Gasteiger charge is 2.39. The third kappa shape index (κ3) is 6.40. The van der Waals surface area contributed by atoms with Crippen molar-refractivity contribution < 1.29 is 32.3 Å². The second-order valence-corrected chi connectivity index (χ2v) is 7.15. The van der Waals surface area contributed by atoms with Gasteiger partial charge in [-0.2, -0.15) is 13.2 Å². The summed E-state index contributed by atoms with van der Waals surface area (Å²) in [7, 11) is 2.06. The number of hydrogen-bond donors (Lipinski definition) is 2. The Kier molecular flexibility index (Phi) is 8.32. The number of anilines is 1. The molecule has 0 spiro atoms. The van der Waals surface area contributed by atoms with Gasteiger partial charge in [0.15, 0.2) is 5.71 Å². The van der Waals surface area contributed by atoms with Gasteiger partial charge < -0.3 is 20.7 Å². The van der Waals surface area contributed by atoms with Gasteiger partial charge in [-0.25, -0.2) is 0 Å². The van der Waals surface area contributed by atoms with Gasteiger partial charge in [-0.3, -0.25) is 24.4 Å². The van der Waals surface area contributed by atoms with Crippen molar-refractivity contribution in [1.82, 2.24) is 9.88 Å². The molecule has 9 nitrogen and oxygen atoms in total. The Bertz CT molecular complexity index is 1000. The van der Waals surface area contributed by atoms with Crippen molar-refractivity contribution in [3.8, 4) is 0 Å². The van der Waals surface area contributed by atoms with Gasteiger partial charge in [0.1, 0.15) is 5.76 Å². The summed E-state index contributed by atoms with van der Waals surface area (Å²) in [6, 6.07) is 0.548. The van der Waals surface area contributed by atoms with Gasteiger partial charge in [0, 0.05) is 19.8 Å². The Balaban J connectivity index is 2.24. The number of ether oxygens (including phenoxy) is 1. The maximum absolute atomic E-state index is 13.2. The van der Waals surface area contributed by atoms with Crippen molar-refractivity contribution in [2.45, 2.75) is 31.5 Å². The number of hydrogen-bond acceptors (Lipinski definition) is 6. The number of piperidine rings is 1. The predicted molar refractivity (Wildman–Crippen MR) is 114 cm³/mol. The summed E-state index contributed by atoms with van der Waals surface area (Å²) in [4.78, 5) is 44.9. The molecule has 0 aromatic carbocycles. The summed E-state index contributed by atoms with van der Waals surface area (Å²) in [5, 5.41) is 2.35. The SMILES string of the molecule is C=C(/C=C(OC)\C(=N/C)C(F)(F)F)[C@@H]1CCCCN1C(=O)C(=O)Nc1cncc(C(N)=O)c1. The van der Waals surface area contributed by atoms with Crippen molar-refractivity contribution in [2.75, 3.05) is 26.0 Å². The zero-order valence-electron chi connectivity index (χ0n) is 18.1. The van der Waals surface area contributed by atoms with Crippen LogP contribution in [0.2, 0.25) is 0 Å². The van der Waals surface area contributed by atoms with E-state index in [0.29, 0.717) is 19.3 Å². The Morgan fingerprint density at radius 3 is 2.61 bits per heavy atom. The molecule has 3 amide bonds. The molecule has 0 unspecified atom stereocenters. The van der Waals surface area contributed by atoms with E-state index in [0.717, 1.165) is 20.2 Å². The summed E-state index contributed by atoms with van der Waals surface area (Å²) in [5.74, 6) is -3.21. The molecule has 1 atom stereocenters. The van der Waals surface area contributed by atoms with Crippen LogP contribution in [0.4, 0.5) is 18.9 Å². The Morgan fingerprint density at radius 1 is 1.33 bits per heavy atom. The number of aliphatic imine (C=N–C) groups is 1. The molecule has 0 saturated carbocycles. The van der Waals surface area contributed by atoms with Crippen LogP contribution in [0, 0.1) is 0 Å². The summed E-state index contributed by atoms with van der Waals surface area (Å²) in [6.07, 6.45) is 0.460. The molecule has 33 heavy (non-hydrogen) atoms. The van der Waals surface area contributed by atoms with E-state index in [2.05, 4.69) is 21.9 Å². The molecule has 2 heterocycles. The number of nitrogens with zero attached hydrogens (tertiary/aromatic N) is 3. The Hall–Kier alpha value is -3.70. The number of halogens is 3. The number of nitrogens with two attached hydrogens (primary N) is 1. The van der Waals surface area contributed by atoms with Crippen LogP contribution in [-0.4, -0.2) is 66.2 Å². The molecule has 0 radical (unpaired) electrons. The number of pyridine rings is 1. The zero-order chi connectivity index (χ0) is 24.8. The maximum Gasteiger partial charge on any atom is 0.436 e. The van der Waals surface area contributed by atoms with Crippen molar-refractivity contribution in [1.29, 1.82) is 0 Å². The van der Waals surface area contributed by atoms with Crippen LogP contribution in [0.25, 0.3) is 0 Å². The van der Waals surface area contributed by atoms with E-state index < -0.39 is 41.4 Å². The second kappa shape index (κ2) is 10.7. The molecule has 1 aromatic rings. The monoisotopic (exact) mass is 467 g/mol. The fraction of sp³-hybridized carbons (Fsp3) is 0.381. The van der Waals surface area contributed by atoms with Crippen molar-refractivity contribution in [3.05, 3.63) is 48.0 Å². The number of likely N-dealkylation sites (tertiary alicyclic amines) is 1. The number of primary amides is 1. The molecule has 0 bridgehead atoms. The normalized spacial score (nSPS) is 17.4. The largest absolute Gasteiger partial charge is 0.494 e. The van der Waals surface area contributed by atoms with Crippen molar-refractivity contribution in [3.63, 3.8) is 0 Å². The van der Waals surface area contributed by atoms with Gasteiger partial charge in [0.2, 0.25) is 5.91 Å². The van der Waals surface area contributed by atoms with Crippen LogP contribution in [0.1, 0.15) is 29.6 Å². The lowest BCUT2D eigenvalue weighted by atomic mass is 9.95. The van der Waals surface area contributed by atoms with Crippen LogP contribution in [0.5, 0.6) is 0 Å². The first-order chi connectivity index (χ1) is 15.5. The minimum atomic E-state index is -4.74. The summed E-state index contributed by atoms with van der Waals surface area (Å²) < 4.78 is 44.5. The van der Waals surface area contributed by atoms with Crippen molar-refractivity contribution >= 4 is 29.1 Å². The van der Waals surface area contributed by atoms with Crippen LogP contribution >= 0.6 is 0 Å². The maximum atomic E-state index is 13.2. The molecule has 1 fully saturated rings. The first-order valence-corrected chi connectivity index (χ1v) is 9.85. The molecule has 1 aromatic heterocycles. The first-order valence-electron chi connectivity index (χ1n) is 9.85. The van der Waals surface area contributed by atoms with Crippen LogP contribution in [0.3, 0.4) is 0 Å². The smallest absolute Gasteiger partial charge is 0.436 e. The van der Waals surface area contributed by atoms with E-state index in [4.69, 9.17) is 10.5 Å². The number of aromatic nitrogens is 1. The summed E-state index contributed by atoms with van der Waals surface area (Å²) in [6.45, 7) is 4.01. The van der Waals surface area contributed by atoms with Gasteiger partial charge in [-0.1, -0.05) is 6.58 Å². The number of alkyl halides is 3. The molecule has 1 saturated heterocycles. The van der Waals surface area contributed by atoms with Gasteiger partial charge in [-0.05, 0) is 37.0 Å². The standard InChI is InChI=1S/C21H24F3N5O4/c1-12(8-16(33-3)17(26-2)21(22,23)24)15-6-4-5-7-29(15)20(32)19(31)28-14-9-13(18(25)30)10-27-11-14/h8-11,15H,1,4-7H2,2-3H3,(H2,25,30)(H,28,31)/b16-8+,26-17+/t15-/m0/s1. The average Bonchev–Trinajstić information content (AvgIpc) is 2.77. The van der Waals surface area contributed by atoms with E-state index in [9.17, 15) is 27.6 Å². The molecular weight excluding hydrogens is 443 g/mol. The van der Waals surface area contributed by atoms with Crippen molar-refractivity contribution in [2.24, 2.45) is 10.7 Å². The first kappa shape index (κ1) is 25.6. The number of nitrogens with one attached hydrogen (secondary N) is 1. The highest BCUT2D eigenvalue weighted by Crippen LogP contribution is 2.27. The lowest BCUT2D eigenvalue weighted by Gasteiger charge is -2.36. The van der Waals surface area contributed by atoms with Gasteiger partial charge in [0.05, 0.1) is 30.6 Å². The number of rotatable bonds is 6. The van der Waals surface area contributed by atoms with Gasteiger partial charge in [-0.15, -0.1) is 0 Å². The third-order valence-electron chi connectivity index (χ3n) is 4.93. The highest BCUT2D eigenvalue weighted by molar-refractivity contribution is 6.39. The number of carbonyl (C=O) groups excluding carboxylic acids is 3. The molecule has 3 N–H and O–H groups in total. The minimum Gasteiger partial charge on any atom is -0.494 e. The molecule has 2 rings (SSSR count). The number of methoxy groups -OCH3 is 1. The fourth-order valence-corrected chi connectivity index (χ4v) is 3.38. The average molecular weight is 467 g/mol. The van der Waals surface area contributed by atoms with Gasteiger partial charge in [0.25, 0.3) is 0 Å². The number of allylic oxidation sites excluding steroid dienone is 1. The number of amides is 3. The van der Waals surface area contributed by atoms with Gasteiger partial charge >= 0.3 is 18.0 Å². The molecule has 178 valence electrons. The second-order valence-electron chi connectivity index (χ2n) is 7.15. The molecule has 12 heteroatoms. The summed E-state index contributed by atoms with van der Waals surface area (Å²) in [5.41, 5.74) is 4.25. The van der Waals surface area contributed by atoms with Crippen LogP contribution in [-0.2, 0) is 14.3 Å². The molecule has 1 aliphatic heterocycles. The Labute approximate surface area is 188 Å². The van der Waals surface area contributed by atoms with Crippen LogP contribution in [0.15, 0.2) is 47.4 Å². The lowest BCUT2D eigenvalue weighted by Crippen LogP contribution is -2.49. The molecular formula is C21H24F3N5O4. The van der Waals surface area contributed by atoms with E-state index in [1.54, 1.807) is 0 Å². The molecule has 0 aliphatic carbocycles.